The molecule has 0 saturated carbocycles. The monoisotopic (exact) mass is 319 g/mol. The minimum atomic E-state index is -0.157. The Morgan fingerprint density at radius 1 is 1.14 bits per heavy atom. The molecule has 0 unspecified atom stereocenters. The van der Waals surface area contributed by atoms with Crippen molar-refractivity contribution in [3.8, 4) is 5.75 Å². The standard InChI is InChI=1S/C17H18ClNO3/c1-19(10-13-6-3-5-9-16(13)20)17(21)12-22-11-14-7-2-4-8-15(14)18/h2-9,20H,10-12H2,1H3. The molecule has 0 spiro atoms. The summed E-state index contributed by atoms with van der Waals surface area (Å²) in [6, 6.07) is 14.3. The summed E-state index contributed by atoms with van der Waals surface area (Å²) in [5, 5.41) is 10.3. The molecule has 0 fully saturated rings. The van der Waals surface area contributed by atoms with Gasteiger partial charge in [-0.25, -0.2) is 0 Å². The molecule has 0 aliphatic heterocycles. The number of nitrogens with zero attached hydrogens (tertiary/aromatic N) is 1. The average molecular weight is 320 g/mol. The summed E-state index contributed by atoms with van der Waals surface area (Å²) in [6.45, 7) is 0.589. The normalized spacial score (nSPS) is 10.5. The Balaban J connectivity index is 1.82. The number of hydrogen-bond donors (Lipinski definition) is 1. The van der Waals surface area contributed by atoms with E-state index < -0.39 is 0 Å². The van der Waals surface area contributed by atoms with Gasteiger partial charge in [0.2, 0.25) is 5.91 Å². The maximum Gasteiger partial charge on any atom is 0.248 e. The van der Waals surface area contributed by atoms with Gasteiger partial charge >= 0.3 is 0 Å². The Morgan fingerprint density at radius 2 is 1.77 bits per heavy atom. The van der Waals surface area contributed by atoms with Crippen molar-refractivity contribution < 1.29 is 14.6 Å². The first kappa shape index (κ1) is 16.3. The first-order valence-electron chi connectivity index (χ1n) is 6.90. The number of carbonyl (C=O) groups is 1. The van der Waals surface area contributed by atoms with Crippen molar-refractivity contribution in [2.24, 2.45) is 0 Å². The molecular formula is C17H18ClNO3. The van der Waals surface area contributed by atoms with E-state index in [-0.39, 0.29) is 24.9 Å². The largest absolute Gasteiger partial charge is 0.508 e. The van der Waals surface area contributed by atoms with E-state index in [1.54, 1.807) is 31.3 Å². The number of likely N-dealkylation sites (N-methyl/N-ethyl adjacent to an activating group) is 1. The van der Waals surface area contributed by atoms with E-state index in [1.807, 2.05) is 24.3 Å². The third-order valence-corrected chi connectivity index (χ3v) is 3.63. The van der Waals surface area contributed by atoms with Gasteiger partial charge in [0.25, 0.3) is 0 Å². The molecule has 0 saturated heterocycles. The van der Waals surface area contributed by atoms with Crippen LogP contribution in [0, 0.1) is 0 Å². The number of amides is 1. The second kappa shape index (κ2) is 7.82. The lowest BCUT2D eigenvalue weighted by molar-refractivity contribution is -0.135. The highest BCUT2D eigenvalue weighted by atomic mass is 35.5. The van der Waals surface area contributed by atoms with Crippen LogP contribution < -0.4 is 0 Å². The summed E-state index contributed by atoms with van der Waals surface area (Å²) in [5.41, 5.74) is 1.55. The predicted octanol–water partition coefficient (Wildman–Crippen LogP) is 3.22. The number of phenolic OH excluding ortho intramolecular Hbond substituents is 1. The van der Waals surface area contributed by atoms with Gasteiger partial charge in [-0.1, -0.05) is 48.0 Å². The Bertz CT molecular complexity index is 645. The lowest BCUT2D eigenvalue weighted by Gasteiger charge is -2.18. The number of halogens is 1. The Kier molecular flexibility index (Phi) is 5.81. The highest BCUT2D eigenvalue weighted by molar-refractivity contribution is 6.31. The van der Waals surface area contributed by atoms with Crippen LogP contribution in [-0.2, 0) is 22.7 Å². The van der Waals surface area contributed by atoms with Crippen LogP contribution in [0.2, 0.25) is 5.02 Å². The predicted molar refractivity (Wildman–Crippen MR) is 85.7 cm³/mol. The maximum atomic E-state index is 12.0. The van der Waals surface area contributed by atoms with Crippen LogP contribution in [0.1, 0.15) is 11.1 Å². The average Bonchev–Trinajstić information content (AvgIpc) is 2.51. The number of rotatable bonds is 6. The lowest BCUT2D eigenvalue weighted by atomic mass is 10.2. The molecular weight excluding hydrogens is 302 g/mol. The van der Waals surface area contributed by atoms with Crippen LogP contribution in [0.4, 0.5) is 0 Å². The molecule has 116 valence electrons. The van der Waals surface area contributed by atoms with E-state index >= 15 is 0 Å². The fraction of sp³-hybridized carbons (Fsp3) is 0.235. The molecule has 2 rings (SSSR count). The van der Waals surface area contributed by atoms with Crippen molar-refractivity contribution >= 4 is 17.5 Å². The number of ether oxygens (including phenoxy) is 1. The molecule has 4 nitrogen and oxygen atoms in total. The molecule has 2 aromatic carbocycles. The Morgan fingerprint density at radius 3 is 2.45 bits per heavy atom. The molecule has 22 heavy (non-hydrogen) atoms. The smallest absolute Gasteiger partial charge is 0.248 e. The summed E-state index contributed by atoms with van der Waals surface area (Å²) in [5.74, 6) is 0.0226. The van der Waals surface area contributed by atoms with Crippen LogP contribution >= 0.6 is 11.6 Å². The van der Waals surface area contributed by atoms with E-state index in [1.165, 1.54) is 4.90 Å². The van der Waals surface area contributed by atoms with E-state index in [4.69, 9.17) is 16.3 Å². The second-order valence-electron chi connectivity index (χ2n) is 4.96. The van der Waals surface area contributed by atoms with Crippen LogP contribution in [0.15, 0.2) is 48.5 Å². The molecule has 5 heteroatoms. The molecule has 0 aromatic heterocycles. The summed E-state index contributed by atoms with van der Waals surface area (Å²) in [4.78, 5) is 13.5. The third-order valence-electron chi connectivity index (χ3n) is 3.27. The lowest BCUT2D eigenvalue weighted by Crippen LogP contribution is -2.29. The second-order valence-corrected chi connectivity index (χ2v) is 5.37. The van der Waals surface area contributed by atoms with Gasteiger partial charge in [0.05, 0.1) is 6.61 Å². The number of hydrogen-bond acceptors (Lipinski definition) is 3. The quantitative estimate of drug-likeness (QED) is 0.889. The third kappa shape index (κ3) is 4.48. The number of phenols is 1. The van der Waals surface area contributed by atoms with E-state index in [0.717, 1.165) is 5.56 Å². The summed E-state index contributed by atoms with van der Waals surface area (Å²) < 4.78 is 5.41. The highest BCUT2D eigenvalue weighted by Gasteiger charge is 2.11. The zero-order chi connectivity index (χ0) is 15.9. The molecule has 1 amide bonds. The van der Waals surface area contributed by atoms with Crippen LogP contribution in [0.5, 0.6) is 5.75 Å². The highest BCUT2D eigenvalue weighted by Crippen LogP contribution is 2.18. The minimum Gasteiger partial charge on any atom is -0.508 e. The number of carbonyl (C=O) groups excluding carboxylic acids is 1. The fourth-order valence-corrected chi connectivity index (χ4v) is 2.15. The fourth-order valence-electron chi connectivity index (χ4n) is 1.96. The van der Waals surface area contributed by atoms with E-state index in [2.05, 4.69) is 0 Å². The zero-order valence-corrected chi connectivity index (χ0v) is 13.1. The minimum absolute atomic E-state index is 0.0324. The molecule has 0 bridgehead atoms. The van der Waals surface area contributed by atoms with Gasteiger partial charge in [-0.15, -0.1) is 0 Å². The van der Waals surface area contributed by atoms with Gasteiger partial charge in [-0.3, -0.25) is 4.79 Å². The molecule has 0 aliphatic rings. The van der Waals surface area contributed by atoms with E-state index in [9.17, 15) is 9.90 Å². The summed E-state index contributed by atoms with van der Waals surface area (Å²) >= 11 is 6.02. The first-order valence-corrected chi connectivity index (χ1v) is 7.27. The van der Waals surface area contributed by atoms with Gasteiger partial charge in [0.1, 0.15) is 12.4 Å². The van der Waals surface area contributed by atoms with E-state index in [0.29, 0.717) is 17.1 Å². The molecule has 0 heterocycles. The number of benzene rings is 2. The van der Waals surface area contributed by atoms with Gasteiger partial charge in [0.15, 0.2) is 0 Å². The van der Waals surface area contributed by atoms with Crippen LogP contribution in [0.25, 0.3) is 0 Å². The van der Waals surface area contributed by atoms with Crippen molar-refractivity contribution in [1.82, 2.24) is 4.90 Å². The Hall–Kier alpha value is -2.04. The zero-order valence-electron chi connectivity index (χ0n) is 12.3. The number of aromatic hydroxyl groups is 1. The Labute approximate surface area is 134 Å². The van der Waals surface area contributed by atoms with Gasteiger partial charge < -0.3 is 14.7 Å². The molecule has 1 N–H and O–H groups in total. The van der Waals surface area contributed by atoms with Crippen molar-refractivity contribution in [3.63, 3.8) is 0 Å². The molecule has 0 radical (unpaired) electrons. The van der Waals surface area contributed by atoms with Gasteiger partial charge in [-0.05, 0) is 17.7 Å². The van der Waals surface area contributed by atoms with Crippen molar-refractivity contribution in [2.75, 3.05) is 13.7 Å². The van der Waals surface area contributed by atoms with Crippen LogP contribution in [-0.4, -0.2) is 29.6 Å². The van der Waals surface area contributed by atoms with Gasteiger partial charge in [-0.2, -0.15) is 0 Å². The van der Waals surface area contributed by atoms with Crippen molar-refractivity contribution in [3.05, 3.63) is 64.7 Å². The number of para-hydroxylation sites is 1. The summed E-state index contributed by atoms with van der Waals surface area (Å²) in [7, 11) is 1.67. The SMILES string of the molecule is CN(Cc1ccccc1O)C(=O)COCc1ccccc1Cl. The van der Waals surface area contributed by atoms with Crippen molar-refractivity contribution in [2.45, 2.75) is 13.2 Å². The molecule has 2 aromatic rings. The molecule has 0 aliphatic carbocycles. The molecule has 0 atom stereocenters. The van der Waals surface area contributed by atoms with Gasteiger partial charge in [0, 0.05) is 24.2 Å². The summed E-state index contributed by atoms with van der Waals surface area (Å²) in [6.07, 6.45) is 0. The maximum absolute atomic E-state index is 12.0. The topological polar surface area (TPSA) is 49.8 Å². The first-order chi connectivity index (χ1) is 10.6. The van der Waals surface area contributed by atoms with Crippen LogP contribution in [0.3, 0.4) is 0 Å². The van der Waals surface area contributed by atoms with Crippen molar-refractivity contribution in [1.29, 1.82) is 0 Å².